The summed E-state index contributed by atoms with van der Waals surface area (Å²) in [5.74, 6) is 1.74. The van der Waals surface area contributed by atoms with Gasteiger partial charge < -0.3 is 20.1 Å². The summed E-state index contributed by atoms with van der Waals surface area (Å²) in [6, 6.07) is 12.1. The third-order valence-corrected chi connectivity index (χ3v) is 3.55. The first-order valence-corrected chi connectivity index (χ1v) is 8.18. The van der Waals surface area contributed by atoms with Crippen molar-refractivity contribution in [2.45, 2.75) is 13.3 Å². The summed E-state index contributed by atoms with van der Waals surface area (Å²) in [5, 5.41) is 6.42. The smallest absolute Gasteiger partial charge is 0.195 e. The van der Waals surface area contributed by atoms with Crippen LogP contribution in [0.2, 0.25) is 0 Å². The molecule has 6 heteroatoms. The van der Waals surface area contributed by atoms with E-state index in [1.807, 2.05) is 31.2 Å². The van der Waals surface area contributed by atoms with Crippen molar-refractivity contribution in [3.05, 3.63) is 53.8 Å². The van der Waals surface area contributed by atoms with Crippen LogP contribution < -0.4 is 20.1 Å². The van der Waals surface area contributed by atoms with Crippen LogP contribution in [0.5, 0.6) is 11.5 Å². The highest BCUT2D eigenvalue weighted by molar-refractivity contribution is 5.93. The largest absolute Gasteiger partial charge is 0.493 e. The lowest BCUT2D eigenvalue weighted by atomic mass is 10.1. The first-order chi connectivity index (χ1) is 12.2. The Morgan fingerprint density at radius 3 is 2.56 bits per heavy atom. The Balaban J connectivity index is 2.04. The van der Waals surface area contributed by atoms with Crippen LogP contribution in [0.4, 0.5) is 10.1 Å². The maximum absolute atomic E-state index is 13.2. The third kappa shape index (κ3) is 5.67. The lowest BCUT2D eigenvalue weighted by molar-refractivity contribution is 0.355. The number of hydrogen-bond acceptors (Lipinski definition) is 3. The number of nitrogens with one attached hydrogen (secondary N) is 2. The molecule has 0 radical (unpaired) electrons. The summed E-state index contributed by atoms with van der Waals surface area (Å²) < 4.78 is 23.8. The van der Waals surface area contributed by atoms with Gasteiger partial charge in [-0.2, -0.15) is 0 Å². The standard InChI is InChI=1S/C19H24FN3O2/c1-4-21-19(22-11-10-14-6-5-7-15(20)12-14)23-16-8-9-17(24-2)18(13-16)25-3/h5-9,12-13H,4,10-11H2,1-3H3,(H2,21,22,23). The van der Waals surface area contributed by atoms with Crippen LogP contribution in [0.25, 0.3) is 0 Å². The fourth-order valence-corrected chi connectivity index (χ4v) is 2.35. The van der Waals surface area contributed by atoms with Gasteiger partial charge in [0.25, 0.3) is 0 Å². The molecular formula is C19H24FN3O2. The molecule has 5 nitrogen and oxygen atoms in total. The van der Waals surface area contributed by atoms with E-state index < -0.39 is 0 Å². The van der Waals surface area contributed by atoms with Gasteiger partial charge in [0.15, 0.2) is 17.5 Å². The Hall–Kier alpha value is -2.76. The molecule has 2 rings (SSSR count). The Kier molecular flexibility index (Phi) is 7.07. The molecule has 0 fully saturated rings. The van der Waals surface area contributed by atoms with E-state index in [1.165, 1.54) is 12.1 Å². The van der Waals surface area contributed by atoms with Crippen molar-refractivity contribution in [2.24, 2.45) is 4.99 Å². The molecular weight excluding hydrogens is 321 g/mol. The first-order valence-electron chi connectivity index (χ1n) is 8.18. The number of ether oxygens (including phenoxy) is 2. The minimum Gasteiger partial charge on any atom is -0.493 e. The fourth-order valence-electron chi connectivity index (χ4n) is 2.35. The van der Waals surface area contributed by atoms with Crippen molar-refractivity contribution >= 4 is 11.6 Å². The molecule has 0 atom stereocenters. The van der Waals surface area contributed by atoms with Gasteiger partial charge in [0.05, 0.1) is 14.2 Å². The Morgan fingerprint density at radius 1 is 1.08 bits per heavy atom. The zero-order valence-corrected chi connectivity index (χ0v) is 14.8. The van der Waals surface area contributed by atoms with Crippen LogP contribution in [0.1, 0.15) is 12.5 Å². The average molecular weight is 345 g/mol. The number of benzene rings is 2. The molecule has 0 amide bonds. The Bertz CT molecular complexity index is 720. The molecule has 0 bridgehead atoms. The summed E-state index contributed by atoms with van der Waals surface area (Å²) in [7, 11) is 3.20. The molecule has 0 saturated carbocycles. The highest BCUT2D eigenvalue weighted by Crippen LogP contribution is 2.29. The minimum atomic E-state index is -0.225. The molecule has 0 saturated heterocycles. The van der Waals surface area contributed by atoms with E-state index in [2.05, 4.69) is 15.6 Å². The predicted molar refractivity (Wildman–Crippen MR) is 99.3 cm³/mol. The lowest BCUT2D eigenvalue weighted by Gasteiger charge is -2.13. The van der Waals surface area contributed by atoms with Crippen molar-refractivity contribution in [3.63, 3.8) is 0 Å². The molecule has 25 heavy (non-hydrogen) atoms. The SMILES string of the molecule is CCNC(=NCCc1cccc(F)c1)Nc1ccc(OC)c(OC)c1. The summed E-state index contributed by atoms with van der Waals surface area (Å²) in [5.41, 5.74) is 1.76. The summed E-state index contributed by atoms with van der Waals surface area (Å²) in [4.78, 5) is 4.53. The number of anilines is 1. The van der Waals surface area contributed by atoms with Crippen LogP contribution in [-0.2, 0) is 6.42 Å². The van der Waals surface area contributed by atoms with E-state index in [0.717, 1.165) is 17.8 Å². The molecule has 134 valence electrons. The number of rotatable bonds is 7. The molecule has 0 unspecified atom stereocenters. The summed E-state index contributed by atoms with van der Waals surface area (Å²) in [6.45, 7) is 3.28. The molecule has 0 heterocycles. The average Bonchev–Trinajstić information content (AvgIpc) is 2.62. The number of hydrogen-bond donors (Lipinski definition) is 2. The van der Waals surface area contributed by atoms with E-state index in [0.29, 0.717) is 30.4 Å². The number of methoxy groups -OCH3 is 2. The molecule has 0 aromatic heterocycles. The molecule has 0 aliphatic rings. The van der Waals surface area contributed by atoms with Crippen LogP contribution >= 0.6 is 0 Å². The molecule has 0 spiro atoms. The van der Waals surface area contributed by atoms with Gasteiger partial charge in [-0.3, -0.25) is 4.99 Å². The number of nitrogens with zero attached hydrogens (tertiary/aromatic N) is 1. The van der Waals surface area contributed by atoms with Crippen LogP contribution in [-0.4, -0.2) is 33.3 Å². The molecule has 2 N–H and O–H groups in total. The van der Waals surface area contributed by atoms with Crippen molar-refractivity contribution in [1.29, 1.82) is 0 Å². The van der Waals surface area contributed by atoms with E-state index in [-0.39, 0.29) is 5.82 Å². The zero-order chi connectivity index (χ0) is 18.1. The van der Waals surface area contributed by atoms with Crippen molar-refractivity contribution in [3.8, 4) is 11.5 Å². The monoisotopic (exact) mass is 345 g/mol. The number of guanidine groups is 1. The Morgan fingerprint density at radius 2 is 1.88 bits per heavy atom. The van der Waals surface area contributed by atoms with Gasteiger partial charge in [0.1, 0.15) is 5.82 Å². The van der Waals surface area contributed by atoms with Crippen molar-refractivity contribution < 1.29 is 13.9 Å². The second-order valence-corrected chi connectivity index (χ2v) is 5.34. The third-order valence-electron chi connectivity index (χ3n) is 3.55. The van der Waals surface area contributed by atoms with Gasteiger partial charge >= 0.3 is 0 Å². The topological polar surface area (TPSA) is 54.9 Å². The van der Waals surface area contributed by atoms with Gasteiger partial charge in [-0.05, 0) is 43.2 Å². The highest BCUT2D eigenvalue weighted by Gasteiger charge is 2.06. The normalized spacial score (nSPS) is 11.1. The summed E-state index contributed by atoms with van der Waals surface area (Å²) in [6.07, 6.45) is 0.667. The van der Waals surface area contributed by atoms with Gasteiger partial charge in [-0.15, -0.1) is 0 Å². The van der Waals surface area contributed by atoms with E-state index in [4.69, 9.17) is 9.47 Å². The highest BCUT2D eigenvalue weighted by atomic mass is 19.1. The Labute approximate surface area is 147 Å². The lowest BCUT2D eigenvalue weighted by Crippen LogP contribution is -2.30. The van der Waals surface area contributed by atoms with Crippen LogP contribution in [0, 0.1) is 5.82 Å². The maximum atomic E-state index is 13.2. The fraction of sp³-hybridized carbons (Fsp3) is 0.316. The minimum absolute atomic E-state index is 0.225. The van der Waals surface area contributed by atoms with Crippen LogP contribution in [0.3, 0.4) is 0 Å². The van der Waals surface area contributed by atoms with Gasteiger partial charge in [0.2, 0.25) is 0 Å². The molecule has 2 aromatic rings. The summed E-state index contributed by atoms with van der Waals surface area (Å²) >= 11 is 0. The van der Waals surface area contributed by atoms with Gasteiger partial charge in [-0.25, -0.2) is 4.39 Å². The number of halogens is 1. The van der Waals surface area contributed by atoms with Crippen molar-refractivity contribution in [1.82, 2.24) is 5.32 Å². The van der Waals surface area contributed by atoms with Gasteiger partial charge in [-0.1, -0.05) is 12.1 Å². The van der Waals surface area contributed by atoms with Crippen LogP contribution in [0.15, 0.2) is 47.5 Å². The quantitative estimate of drug-likeness (QED) is 0.596. The van der Waals surface area contributed by atoms with Crippen molar-refractivity contribution in [2.75, 3.05) is 32.6 Å². The molecule has 0 aliphatic carbocycles. The maximum Gasteiger partial charge on any atom is 0.195 e. The van der Waals surface area contributed by atoms with Gasteiger partial charge in [0, 0.05) is 24.8 Å². The first kappa shape index (κ1) is 18.6. The van der Waals surface area contributed by atoms with E-state index >= 15 is 0 Å². The second kappa shape index (κ2) is 9.52. The predicted octanol–water partition coefficient (Wildman–Crippen LogP) is 3.46. The zero-order valence-electron chi connectivity index (χ0n) is 14.8. The van der Waals surface area contributed by atoms with E-state index in [1.54, 1.807) is 20.3 Å². The number of aliphatic imine (C=N–C) groups is 1. The van der Waals surface area contributed by atoms with E-state index in [9.17, 15) is 4.39 Å². The molecule has 2 aromatic carbocycles. The second-order valence-electron chi connectivity index (χ2n) is 5.34. The molecule has 0 aliphatic heterocycles.